The Kier molecular flexibility index (Phi) is 4.67. The topological polar surface area (TPSA) is 61.0 Å². The van der Waals surface area contributed by atoms with Crippen LogP contribution in [0.1, 0.15) is 35.8 Å². The van der Waals surface area contributed by atoms with Crippen molar-refractivity contribution in [3.05, 3.63) is 42.0 Å². The molecule has 3 heterocycles. The van der Waals surface area contributed by atoms with Crippen molar-refractivity contribution in [3.63, 3.8) is 0 Å². The molecule has 1 saturated carbocycles. The maximum absolute atomic E-state index is 5.80. The van der Waals surface area contributed by atoms with Crippen molar-refractivity contribution in [1.29, 1.82) is 0 Å². The predicted octanol–water partition coefficient (Wildman–Crippen LogP) is 1.72. The summed E-state index contributed by atoms with van der Waals surface area (Å²) >= 11 is 0. The van der Waals surface area contributed by atoms with E-state index in [1.54, 1.807) is 6.08 Å². The molecule has 2 aliphatic rings. The van der Waals surface area contributed by atoms with Gasteiger partial charge in [0.2, 0.25) is 0 Å². The number of hydrogen-bond acceptors (Lipinski definition) is 5. The monoisotopic (exact) mass is 342 g/mol. The Balaban J connectivity index is 1.54. The fourth-order valence-electron chi connectivity index (χ4n) is 3.56. The third-order valence-corrected chi connectivity index (χ3v) is 5.04. The number of aryl methyl sites for hydroxylation is 1. The highest BCUT2D eigenvalue weighted by atomic mass is 16.5. The van der Waals surface area contributed by atoms with Gasteiger partial charge in [-0.05, 0) is 18.8 Å². The molecule has 7 nitrogen and oxygen atoms in total. The van der Waals surface area contributed by atoms with Gasteiger partial charge in [0.05, 0.1) is 31.1 Å². The van der Waals surface area contributed by atoms with Crippen LogP contribution in [0, 0.1) is 5.92 Å². The summed E-state index contributed by atoms with van der Waals surface area (Å²) in [4.78, 5) is 2.43. The van der Waals surface area contributed by atoms with Gasteiger partial charge in [0, 0.05) is 44.9 Å². The van der Waals surface area contributed by atoms with Crippen molar-refractivity contribution in [2.24, 2.45) is 13.0 Å². The summed E-state index contributed by atoms with van der Waals surface area (Å²) in [6.45, 7) is 7.77. The molecule has 2 aromatic rings. The molecule has 25 heavy (non-hydrogen) atoms. The van der Waals surface area contributed by atoms with Crippen LogP contribution in [0.4, 0.5) is 0 Å². The first-order valence-corrected chi connectivity index (χ1v) is 9.07. The second-order valence-electron chi connectivity index (χ2n) is 7.13. The zero-order valence-corrected chi connectivity index (χ0v) is 14.8. The lowest BCUT2D eigenvalue weighted by atomic mass is 10.0. The minimum atomic E-state index is 0.136. The molecule has 1 aliphatic heterocycles. The van der Waals surface area contributed by atoms with Crippen molar-refractivity contribution in [1.82, 2.24) is 29.7 Å². The molecule has 1 aliphatic carbocycles. The summed E-state index contributed by atoms with van der Waals surface area (Å²) in [5.41, 5.74) is 3.59. The van der Waals surface area contributed by atoms with Gasteiger partial charge in [0.1, 0.15) is 5.69 Å². The van der Waals surface area contributed by atoms with Crippen LogP contribution in [0.15, 0.2) is 25.0 Å². The molecule has 0 bridgehead atoms. The largest absolute Gasteiger partial charge is 0.375 e. The number of nitrogens with zero attached hydrogens (tertiary/aromatic N) is 6. The van der Waals surface area contributed by atoms with Crippen molar-refractivity contribution < 1.29 is 4.74 Å². The summed E-state index contributed by atoms with van der Waals surface area (Å²) < 4.78 is 9.78. The van der Waals surface area contributed by atoms with E-state index < -0.39 is 0 Å². The minimum Gasteiger partial charge on any atom is -0.375 e. The average Bonchev–Trinajstić information content (AvgIpc) is 3.19. The summed E-state index contributed by atoms with van der Waals surface area (Å²) in [5, 5.41) is 13.3. The van der Waals surface area contributed by atoms with Crippen LogP contribution in [-0.4, -0.2) is 49.4 Å². The molecule has 1 fully saturated rings. The smallest absolute Gasteiger partial charge is 0.105 e. The lowest BCUT2D eigenvalue weighted by Gasteiger charge is -2.34. The fraction of sp³-hybridized carbons (Fsp3) is 0.611. The Morgan fingerprint density at radius 2 is 2.28 bits per heavy atom. The maximum Gasteiger partial charge on any atom is 0.105 e. The average molecular weight is 342 g/mol. The van der Waals surface area contributed by atoms with E-state index >= 15 is 0 Å². The van der Waals surface area contributed by atoms with Crippen molar-refractivity contribution in [2.75, 3.05) is 19.8 Å². The van der Waals surface area contributed by atoms with Crippen molar-refractivity contribution >= 4 is 0 Å². The fourth-order valence-corrected chi connectivity index (χ4v) is 3.56. The van der Waals surface area contributed by atoms with Gasteiger partial charge in [0.25, 0.3) is 0 Å². The zero-order chi connectivity index (χ0) is 17.2. The van der Waals surface area contributed by atoms with E-state index in [0.29, 0.717) is 13.2 Å². The van der Waals surface area contributed by atoms with Gasteiger partial charge >= 0.3 is 0 Å². The number of aromatic nitrogens is 5. The lowest BCUT2D eigenvalue weighted by Crippen LogP contribution is -2.38. The van der Waals surface area contributed by atoms with Crippen LogP contribution in [0.25, 0.3) is 0 Å². The Labute approximate surface area is 148 Å². The Morgan fingerprint density at radius 3 is 3.00 bits per heavy atom. The molecule has 0 saturated heterocycles. The minimum absolute atomic E-state index is 0.136. The Morgan fingerprint density at radius 1 is 1.40 bits per heavy atom. The molecular formula is C18H26N6O. The number of hydrogen-bond donors (Lipinski definition) is 0. The lowest BCUT2D eigenvalue weighted by molar-refractivity contribution is 0.0598. The summed E-state index contributed by atoms with van der Waals surface area (Å²) in [5.74, 6) is 0.801. The van der Waals surface area contributed by atoms with Gasteiger partial charge in [-0.2, -0.15) is 5.10 Å². The Bertz CT molecular complexity index is 732. The van der Waals surface area contributed by atoms with Gasteiger partial charge in [-0.25, -0.2) is 4.68 Å². The molecule has 0 radical (unpaired) electrons. The third kappa shape index (κ3) is 3.67. The van der Waals surface area contributed by atoms with Crippen LogP contribution < -0.4 is 0 Å². The van der Waals surface area contributed by atoms with E-state index in [2.05, 4.69) is 37.8 Å². The van der Waals surface area contributed by atoms with Crippen molar-refractivity contribution in [3.8, 4) is 0 Å². The summed E-state index contributed by atoms with van der Waals surface area (Å²) in [6.07, 6.45) is 9.44. The zero-order valence-electron chi connectivity index (χ0n) is 14.8. The summed E-state index contributed by atoms with van der Waals surface area (Å²) in [7, 11) is 1.95. The molecule has 0 aromatic carbocycles. The summed E-state index contributed by atoms with van der Waals surface area (Å²) in [6, 6.07) is 0.136. The highest BCUT2D eigenvalue weighted by Gasteiger charge is 2.33. The molecule has 0 unspecified atom stereocenters. The van der Waals surface area contributed by atoms with E-state index in [4.69, 9.17) is 4.74 Å². The molecular weight excluding hydrogens is 316 g/mol. The quantitative estimate of drug-likeness (QED) is 0.540. The third-order valence-electron chi connectivity index (χ3n) is 5.04. The van der Waals surface area contributed by atoms with Crippen molar-refractivity contribution in [2.45, 2.75) is 38.4 Å². The molecule has 0 N–H and O–H groups in total. The first-order valence-electron chi connectivity index (χ1n) is 9.07. The first-order chi connectivity index (χ1) is 12.2. The van der Waals surface area contributed by atoms with Crippen LogP contribution >= 0.6 is 0 Å². The van der Waals surface area contributed by atoms with Gasteiger partial charge in [-0.1, -0.05) is 11.3 Å². The Hall–Kier alpha value is -1.99. The standard InChI is InChI=1S/C18H26N6O/c1-3-8-25-13-17-18-16(24(21-20-18)12-14-4-5-14)6-7-23(17)11-15-9-19-22(2)10-15/h3,9-10,14,17H,1,4-8,11-13H2,2H3/t17-/m0/s1. The number of fused-ring (bicyclic) bond motifs is 1. The van der Waals surface area contributed by atoms with Gasteiger partial charge in [0.15, 0.2) is 0 Å². The van der Waals surface area contributed by atoms with Crippen LogP contribution in [0.5, 0.6) is 0 Å². The highest BCUT2D eigenvalue weighted by Crippen LogP contribution is 2.34. The van der Waals surface area contributed by atoms with Crippen LogP contribution in [-0.2, 0) is 31.3 Å². The molecule has 134 valence electrons. The molecule has 4 rings (SSSR count). The van der Waals surface area contributed by atoms with E-state index in [1.165, 1.54) is 24.1 Å². The molecule has 0 spiro atoms. The molecule has 0 amide bonds. The second kappa shape index (κ2) is 7.09. The van der Waals surface area contributed by atoms with Crippen LogP contribution in [0.3, 0.4) is 0 Å². The second-order valence-corrected chi connectivity index (χ2v) is 7.13. The normalized spacial score (nSPS) is 20.6. The SMILES string of the molecule is C=CCOC[C@H]1c2nnn(CC3CC3)c2CCN1Cc1cnn(C)c1. The van der Waals surface area contributed by atoms with Gasteiger partial charge in [-0.15, -0.1) is 11.7 Å². The predicted molar refractivity (Wildman–Crippen MR) is 93.8 cm³/mol. The molecule has 1 atom stereocenters. The van der Waals surface area contributed by atoms with E-state index in [-0.39, 0.29) is 6.04 Å². The van der Waals surface area contributed by atoms with Gasteiger partial charge < -0.3 is 4.74 Å². The van der Waals surface area contributed by atoms with E-state index in [0.717, 1.165) is 37.7 Å². The van der Waals surface area contributed by atoms with Crippen LogP contribution in [0.2, 0.25) is 0 Å². The number of rotatable bonds is 8. The highest BCUT2D eigenvalue weighted by molar-refractivity contribution is 5.20. The van der Waals surface area contributed by atoms with E-state index in [9.17, 15) is 0 Å². The number of ether oxygens (including phenoxy) is 1. The first kappa shape index (κ1) is 16.5. The molecule has 2 aromatic heterocycles. The van der Waals surface area contributed by atoms with Gasteiger partial charge in [-0.3, -0.25) is 9.58 Å². The van der Waals surface area contributed by atoms with E-state index in [1.807, 2.05) is 17.9 Å². The molecule has 7 heteroatoms. The maximum atomic E-state index is 5.80.